The van der Waals surface area contributed by atoms with Gasteiger partial charge in [-0.2, -0.15) is 5.10 Å². The van der Waals surface area contributed by atoms with Crippen molar-refractivity contribution in [3.8, 4) is 17.0 Å². The van der Waals surface area contributed by atoms with Crippen molar-refractivity contribution in [3.63, 3.8) is 0 Å². The summed E-state index contributed by atoms with van der Waals surface area (Å²) in [6.07, 6.45) is 12.5. The van der Waals surface area contributed by atoms with Gasteiger partial charge in [0.05, 0.1) is 54.7 Å². The van der Waals surface area contributed by atoms with E-state index < -0.39 is 21.2 Å². The minimum absolute atomic E-state index is 0.00987. The molecule has 12 nitrogen and oxygen atoms in total. The molecule has 13 heteroatoms. The second kappa shape index (κ2) is 17.2. The van der Waals surface area contributed by atoms with E-state index in [1.54, 1.807) is 33.2 Å². The SMILES string of the molecule is CCOCC(CN)CN(CC)C(=O)c1cnn(C2CCC2)c1C1=Cc2cc(OC)ccc2-c2c(C3CCCCC3)c3ccc(C(=O)NS(=O)(=O)C(C)C)cc3n2C1. The predicted octanol–water partition coefficient (Wildman–Crippen LogP) is 7.38. The Balaban J connectivity index is 1.43. The third-order valence-corrected chi connectivity index (χ3v) is 13.9. The Kier molecular flexibility index (Phi) is 12.3. The number of nitrogens with one attached hydrogen (secondary N) is 1. The van der Waals surface area contributed by atoms with Crippen LogP contribution in [0.5, 0.6) is 5.75 Å². The van der Waals surface area contributed by atoms with Gasteiger partial charge >= 0.3 is 0 Å². The van der Waals surface area contributed by atoms with Gasteiger partial charge in [0, 0.05) is 47.6 Å². The molecule has 7 rings (SSSR count). The van der Waals surface area contributed by atoms with E-state index in [-0.39, 0.29) is 23.4 Å². The predicted molar refractivity (Wildman–Crippen MR) is 225 cm³/mol. The van der Waals surface area contributed by atoms with Crippen molar-refractivity contribution < 1.29 is 27.5 Å². The monoisotopic (exact) mass is 798 g/mol. The van der Waals surface area contributed by atoms with Crippen LogP contribution in [0.3, 0.4) is 0 Å². The average molecular weight is 799 g/mol. The van der Waals surface area contributed by atoms with Crippen LogP contribution in [-0.2, 0) is 21.3 Å². The summed E-state index contributed by atoms with van der Waals surface area (Å²) in [5.74, 6) is 0.254. The molecule has 2 aromatic carbocycles. The zero-order valence-electron chi connectivity index (χ0n) is 34.1. The van der Waals surface area contributed by atoms with Crippen molar-refractivity contribution >= 4 is 44.4 Å². The number of aromatic nitrogens is 3. The van der Waals surface area contributed by atoms with E-state index in [0.717, 1.165) is 89.7 Å². The minimum atomic E-state index is -3.85. The molecule has 2 fully saturated rings. The highest BCUT2D eigenvalue weighted by Crippen LogP contribution is 2.48. The maximum Gasteiger partial charge on any atom is 0.264 e. The van der Waals surface area contributed by atoms with E-state index in [1.165, 1.54) is 12.0 Å². The van der Waals surface area contributed by atoms with E-state index >= 15 is 0 Å². The van der Waals surface area contributed by atoms with Crippen molar-refractivity contribution in [2.45, 2.75) is 103 Å². The second-order valence-corrected chi connectivity index (χ2v) is 18.3. The molecule has 1 atom stereocenters. The maximum atomic E-state index is 14.7. The third-order valence-electron chi connectivity index (χ3n) is 12.2. The Morgan fingerprint density at radius 2 is 1.79 bits per heavy atom. The summed E-state index contributed by atoms with van der Waals surface area (Å²) in [5, 5.41) is 5.22. The molecule has 57 heavy (non-hydrogen) atoms. The Morgan fingerprint density at radius 3 is 2.44 bits per heavy atom. The summed E-state index contributed by atoms with van der Waals surface area (Å²) in [6, 6.07) is 11.9. The molecule has 3 N–H and O–H groups in total. The van der Waals surface area contributed by atoms with Crippen LogP contribution in [0.2, 0.25) is 0 Å². The van der Waals surface area contributed by atoms with Crippen molar-refractivity contribution in [1.29, 1.82) is 0 Å². The normalized spacial score (nSPS) is 16.7. The van der Waals surface area contributed by atoms with Crippen molar-refractivity contribution in [2.75, 3.05) is 40.0 Å². The number of hydrogen-bond acceptors (Lipinski definition) is 8. The summed E-state index contributed by atoms with van der Waals surface area (Å²) in [5.41, 5.74) is 13.8. The molecule has 1 unspecified atom stereocenters. The maximum absolute atomic E-state index is 14.7. The first kappa shape index (κ1) is 40.7. The molecule has 0 saturated heterocycles. The van der Waals surface area contributed by atoms with Crippen LogP contribution in [0.25, 0.3) is 33.8 Å². The van der Waals surface area contributed by atoms with Gasteiger partial charge in [-0.1, -0.05) is 25.3 Å². The molecule has 2 saturated carbocycles. The summed E-state index contributed by atoms with van der Waals surface area (Å²) in [6.45, 7) is 9.86. The highest BCUT2D eigenvalue weighted by Gasteiger charge is 2.35. The summed E-state index contributed by atoms with van der Waals surface area (Å²) >= 11 is 0. The zero-order valence-corrected chi connectivity index (χ0v) is 34.9. The molecule has 1 aliphatic heterocycles. The lowest BCUT2D eigenvalue weighted by atomic mass is 9.81. The van der Waals surface area contributed by atoms with Gasteiger partial charge in [0.25, 0.3) is 11.8 Å². The second-order valence-electron chi connectivity index (χ2n) is 16.1. The lowest BCUT2D eigenvalue weighted by Crippen LogP contribution is -2.39. The van der Waals surface area contributed by atoms with Gasteiger partial charge < -0.3 is 24.7 Å². The third kappa shape index (κ3) is 8.03. The Labute approximate surface area is 336 Å². The van der Waals surface area contributed by atoms with Gasteiger partial charge in [-0.25, -0.2) is 13.1 Å². The van der Waals surface area contributed by atoms with Gasteiger partial charge in [-0.05, 0) is 125 Å². The number of nitrogens with zero attached hydrogens (tertiary/aromatic N) is 4. The van der Waals surface area contributed by atoms with Crippen LogP contribution in [0.15, 0.2) is 42.6 Å². The van der Waals surface area contributed by atoms with E-state index in [1.807, 2.05) is 36.9 Å². The number of methoxy groups -OCH3 is 1. The first-order valence-corrected chi connectivity index (χ1v) is 22.3. The molecular formula is C44H58N6O6S. The average Bonchev–Trinajstić information content (AvgIpc) is 3.70. The highest BCUT2D eigenvalue weighted by atomic mass is 32.2. The molecule has 4 aromatic rings. The van der Waals surface area contributed by atoms with Crippen LogP contribution < -0.4 is 15.2 Å². The highest BCUT2D eigenvalue weighted by molar-refractivity contribution is 7.90. The molecule has 2 amide bonds. The molecule has 2 aromatic heterocycles. The lowest BCUT2D eigenvalue weighted by Gasteiger charge is -2.29. The standard InChI is InChI=1S/C44H58N6O6S/c1-6-48(25-29(23-45)27-56-7-2)44(52)38-24-46-50(34-14-11-15-34)41(38)33-20-32-21-35(55-5)17-19-36(32)42-40(30-12-9-8-10-13-30)37-18-16-31(22-39(37)49(42)26-33)43(51)47-57(53,54)28(3)4/h16-22,24,28-30,34H,6-15,23,25-27,45H2,1-5H3,(H,47,51). The van der Waals surface area contributed by atoms with E-state index in [0.29, 0.717) is 50.9 Å². The Hall–Kier alpha value is -4.46. The zero-order chi connectivity index (χ0) is 40.4. The van der Waals surface area contributed by atoms with E-state index in [2.05, 4.69) is 32.2 Å². The molecule has 3 heterocycles. The van der Waals surface area contributed by atoms with Crippen LogP contribution in [0.1, 0.15) is 129 Å². The quantitative estimate of drug-likeness (QED) is 0.127. The molecule has 0 spiro atoms. The number of carbonyl (C=O) groups excluding carboxylic acids is 2. The van der Waals surface area contributed by atoms with Gasteiger partial charge in [0.15, 0.2) is 0 Å². The number of sulfonamides is 1. The largest absolute Gasteiger partial charge is 0.497 e. The fraction of sp³-hybridized carbons (Fsp3) is 0.523. The molecule has 0 radical (unpaired) electrons. The van der Waals surface area contributed by atoms with Crippen molar-refractivity contribution in [3.05, 3.63) is 70.5 Å². The van der Waals surface area contributed by atoms with E-state index in [9.17, 15) is 18.0 Å². The first-order valence-electron chi connectivity index (χ1n) is 20.7. The fourth-order valence-electron chi connectivity index (χ4n) is 8.70. The Bertz CT molecular complexity index is 2260. The molecule has 3 aliphatic rings. The topological polar surface area (TPSA) is 151 Å². The Morgan fingerprint density at radius 1 is 1.02 bits per heavy atom. The van der Waals surface area contributed by atoms with Gasteiger partial charge in [-0.3, -0.25) is 14.3 Å². The molecule has 0 bridgehead atoms. The van der Waals surface area contributed by atoms with Crippen LogP contribution in [-0.4, -0.2) is 84.7 Å². The number of nitrogens with two attached hydrogens (primary N) is 1. The number of benzene rings is 2. The lowest BCUT2D eigenvalue weighted by molar-refractivity contribution is 0.0648. The van der Waals surface area contributed by atoms with Gasteiger partial charge in [0.1, 0.15) is 5.75 Å². The van der Waals surface area contributed by atoms with Gasteiger partial charge in [0.2, 0.25) is 10.0 Å². The number of carbonyl (C=O) groups is 2. The number of rotatable bonds is 15. The molecular weight excluding hydrogens is 741 g/mol. The number of hydrogen-bond donors (Lipinski definition) is 2. The number of ether oxygens (including phenoxy) is 2. The van der Waals surface area contributed by atoms with Crippen LogP contribution in [0.4, 0.5) is 0 Å². The smallest absolute Gasteiger partial charge is 0.264 e. The molecule has 2 aliphatic carbocycles. The molecule has 306 valence electrons. The van der Waals surface area contributed by atoms with Crippen LogP contribution in [0, 0.1) is 5.92 Å². The number of fused-ring (bicyclic) bond motifs is 5. The first-order chi connectivity index (χ1) is 27.5. The van der Waals surface area contributed by atoms with Crippen LogP contribution >= 0.6 is 0 Å². The minimum Gasteiger partial charge on any atom is -0.497 e. The van der Waals surface area contributed by atoms with Gasteiger partial charge in [-0.15, -0.1) is 0 Å². The fourth-order valence-corrected chi connectivity index (χ4v) is 9.31. The van der Waals surface area contributed by atoms with Crippen molar-refractivity contribution in [1.82, 2.24) is 24.0 Å². The van der Waals surface area contributed by atoms with Crippen molar-refractivity contribution in [2.24, 2.45) is 11.7 Å². The summed E-state index contributed by atoms with van der Waals surface area (Å²) in [7, 11) is -2.18. The number of allylic oxidation sites excluding steroid dienone is 1. The summed E-state index contributed by atoms with van der Waals surface area (Å²) in [4.78, 5) is 30.2. The summed E-state index contributed by atoms with van der Waals surface area (Å²) < 4.78 is 43.8. The van der Waals surface area contributed by atoms with E-state index in [4.69, 9.17) is 20.3 Å². The number of amides is 2.